The van der Waals surface area contributed by atoms with E-state index < -0.39 is 0 Å². The Morgan fingerprint density at radius 2 is 2.12 bits per heavy atom. The lowest BCUT2D eigenvalue weighted by molar-refractivity contribution is -0.113. The van der Waals surface area contributed by atoms with E-state index in [0.717, 1.165) is 36.5 Å². The van der Waals surface area contributed by atoms with Gasteiger partial charge in [0, 0.05) is 24.7 Å². The van der Waals surface area contributed by atoms with Gasteiger partial charge >= 0.3 is 0 Å². The van der Waals surface area contributed by atoms with Crippen molar-refractivity contribution in [2.75, 3.05) is 24.7 Å². The summed E-state index contributed by atoms with van der Waals surface area (Å²) in [4.78, 5) is 29.2. The van der Waals surface area contributed by atoms with E-state index in [1.807, 2.05) is 0 Å². The first kappa shape index (κ1) is 22.9. The zero-order valence-electron chi connectivity index (χ0n) is 18.8. The second-order valence-corrected chi connectivity index (χ2v) is 9.51. The number of thioether (sulfide) groups is 1. The summed E-state index contributed by atoms with van der Waals surface area (Å²) >= 11 is 1.41. The number of amides is 1. The van der Waals surface area contributed by atoms with Gasteiger partial charge in [0.15, 0.2) is 5.82 Å². The van der Waals surface area contributed by atoms with Gasteiger partial charge in [0.1, 0.15) is 16.4 Å². The van der Waals surface area contributed by atoms with Crippen LogP contribution in [0.15, 0.2) is 29.6 Å². The first-order valence-electron chi connectivity index (χ1n) is 11.3. The van der Waals surface area contributed by atoms with Crippen molar-refractivity contribution in [1.82, 2.24) is 30.6 Å². The zero-order chi connectivity index (χ0) is 23.5. The molecule has 0 bridgehead atoms. The monoisotopic (exact) mass is 483 g/mol. The van der Waals surface area contributed by atoms with Crippen molar-refractivity contribution < 1.29 is 13.9 Å². The molecule has 1 aliphatic carbocycles. The van der Waals surface area contributed by atoms with Crippen molar-refractivity contribution in [3.63, 3.8) is 0 Å². The molecule has 2 atom stereocenters. The summed E-state index contributed by atoms with van der Waals surface area (Å²) in [5, 5.41) is 10.5. The minimum Gasteiger partial charge on any atom is -0.480 e. The van der Waals surface area contributed by atoms with Crippen LogP contribution < -0.4 is 20.7 Å². The van der Waals surface area contributed by atoms with E-state index in [-0.39, 0.29) is 11.7 Å². The van der Waals surface area contributed by atoms with E-state index >= 15 is 0 Å². The Bertz CT molecular complexity index is 1210. The molecule has 0 radical (unpaired) electrons. The molecule has 11 heteroatoms. The van der Waals surface area contributed by atoms with Crippen LogP contribution in [0.4, 0.5) is 10.2 Å². The van der Waals surface area contributed by atoms with Gasteiger partial charge in [0.05, 0.1) is 36.5 Å². The Kier molecular flexibility index (Phi) is 6.84. The van der Waals surface area contributed by atoms with Gasteiger partial charge < -0.3 is 20.7 Å². The highest BCUT2D eigenvalue weighted by molar-refractivity contribution is 8.00. The number of nitrogens with one attached hydrogen (secondary N) is 3. The molecule has 2 aromatic heterocycles. The fourth-order valence-electron chi connectivity index (χ4n) is 4.44. The molecule has 1 saturated carbocycles. The number of hydrogen-bond acceptors (Lipinski definition) is 9. The molecular formula is C23H26FN7O2S. The quantitative estimate of drug-likeness (QED) is 0.445. The van der Waals surface area contributed by atoms with Crippen LogP contribution >= 0.6 is 11.8 Å². The Morgan fingerprint density at radius 1 is 1.21 bits per heavy atom. The molecule has 1 amide bonds. The van der Waals surface area contributed by atoms with Crippen LogP contribution in [0.5, 0.6) is 5.88 Å². The van der Waals surface area contributed by atoms with Crippen molar-refractivity contribution in [1.29, 1.82) is 0 Å². The van der Waals surface area contributed by atoms with Crippen LogP contribution in [0, 0.1) is 11.7 Å². The molecule has 0 saturated heterocycles. The smallest absolute Gasteiger partial charge is 0.236 e. The number of anilines is 1. The van der Waals surface area contributed by atoms with Gasteiger partial charge in [-0.25, -0.2) is 24.3 Å². The minimum absolute atomic E-state index is 0.0454. The lowest BCUT2D eigenvalue weighted by Crippen LogP contribution is -2.28. The topological polar surface area (TPSA) is 114 Å². The second kappa shape index (κ2) is 10.2. The second-order valence-electron chi connectivity index (χ2n) is 8.55. The number of carbonyl (C=O) groups is 1. The lowest BCUT2D eigenvalue weighted by atomic mass is 10.1. The number of hydrogen-bond donors (Lipinski definition) is 3. The van der Waals surface area contributed by atoms with Gasteiger partial charge in [0.2, 0.25) is 11.8 Å². The molecule has 5 rings (SSSR count). The van der Waals surface area contributed by atoms with E-state index in [1.165, 1.54) is 31.1 Å². The summed E-state index contributed by atoms with van der Waals surface area (Å²) < 4.78 is 19.7. The van der Waals surface area contributed by atoms with E-state index in [0.29, 0.717) is 59.1 Å². The average molecular weight is 484 g/mol. The van der Waals surface area contributed by atoms with E-state index in [1.54, 1.807) is 12.3 Å². The Balaban J connectivity index is 1.12. The predicted octanol–water partition coefficient (Wildman–Crippen LogP) is 2.66. The van der Waals surface area contributed by atoms with E-state index in [2.05, 4.69) is 35.9 Å². The van der Waals surface area contributed by atoms with Gasteiger partial charge in [-0.1, -0.05) is 11.8 Å². The van der Waals surface area contributed by atoms with E-state index in [9.17, 15) is 9.18 Å². The first-order valence-corrected chi connectivity index (χ1v) is 12.3. The molecule has 9 nitrogen and oxygen atoms in total. The molecule has 3 N–H and O–H groups in total. The Labute approximate surface area is 200 Å². The summed E-state index contributed by atoms with van der Waals surface area (Å²) in [7, 11) is 1.52. The van der Waals surface area contributed by atoms with E-state index in [4.69, 9.17) is 4.74 Å². The number of rotatable bonds is 8. The van der Waals surface area contributed by atoms with Gasteiger partial charge in [0.25, 0.3) is 0 Å². The van der Waals surface area contributed by atoms with Crippen molar-refractivity contribution >= 4 is 34.5 Å². The number of halogens is 1. The number of methoxy groups -OCH3 is 1. The van der Waals surface area contributed by atoms with Crippen LogP contribution in [0.1, 0.15) is 30.5 Å². The molecule has 2 aliphatic rings. The maximum absolute atomic E-state index is 14.6. The molecule has 178 valence electrons. The van der Waals surface area contributed by atoms with Crippen molar-refractivity contribution in [2.24, 2.45) is 5.92 Å². The molecule has 34 heavy (non-hydrogen) atoms. The highest BCUT2D eigenvalue weighted by atomic mass is 32.2. The molecule has 1 aromatic carbocycles. The van der Waals surface area contributed by atoms with Gasteiger partial charge in [-0.3, -0.25) is 4.79 Å². The maximum atomic E-state index is 14.6. The zero-order valence-corrected chi connectivity index (χ0v) is 19.6. The third-order valence-corrected chi connectivity index (χ3v) is 7.16. The Hall–Kier alpha value is -2.89. The van der Waals surface area contributed by atoms with Crippen molar-refractivity contribution in [3.8, 4) is 5.88 Å². The molecule has 3 heterocycles. The molecule has 0 spiro atoms. The van der Waals surface area contributed by atoms with Crippen LogP contribution in [0.2, 0.25) is 0 Å². The van der Waals surface area contributed by atoms with Gasteiger partial charge in [-0.05, 0) is 43.9 Å². The van der Waals surface area contributed by atoms with Crippen LogP contribution in [0.25, 0.3) is 11.0 Å². The number of benzene rings is 1. The molecule has 0 unspecified atom stereocenters. The molecule has 1 fully saturated rings. The third kappa shape index (κ3) is 5.11. The number of carbonyl (C=O) groups excluding carboxylic acids is 1. The summed E-state index contributed by atoms with van der Waals surface area (Å²) in [6, 6.07) is 3.39. The SMILES string of the molecule is COc1cnc2ccc(F)c(CN[C@H]3CC[C@H](CNCc4cnc5c(n4)NC(=O)CS5)C3)c2n1. The van der Waals surface area contributed by atoms with Crippen molar-refractivity contribution in [3.05, 3.63) is 41.6 Å². The fourth-order valence-corrected chi connectivity index (χ4v) is 5.14. The number of ether oxygens (including phenoxy) is 1. The number of nitrogens with zero attached hydrogens (tertiary/aromatic N) is 4. The first-order chi connectivity index (χ1) is 16.6. The standard InChI is InChI=1S/C23H26FN7O2S/c1-33-20-11-27-18-5-4-17(24)16(21(18)31-20)10-26-14-3-2-13(6-14)7-25-8-15-9-28-23-22(29-15)30-19(32)12-34-23/h4-5,9,11,13-14,25-26H,2-3,6-8,10,12H2,1H3,(H,29,30,32)/t13-,14-/m0/s1. The average Bonchev–Trinajstić information content (AvgIpc) is 3.30. The lowest BCUT2D eigenvalue weighted by Gasteiger charge is -2.16. The van der Waals surface area contributed by atoms with Crippen LogP contribution in [0.3, 0.4) is 0 Å². The molecule has 1 aliphatic heterocycles. The highest BCUT2D eigenvalue weighted by Gasteiger charge is 2.25. The number of aromatic nitrogens is 4. The van der Waals surface area contributed by atoms with Gasteiger partial charge in [-0.15, -0.1) is 0 Å². The van der Waals surface area contributed by atoms with Crippen LogP contribution in [-0.4, -0.2) is 51.3 Å². The summed E-state index contributed by atoms with van der Waals surface area (Å²) in [5.74, 6) is 1.49. The predicted molar refractivity (Wildman–Crippen MR) is 127 cm³/mol. The molecular weight excluding hydrogens is 457 g/mol. The Morgan fingerprint density at radius 3 is 3.00 bits per heavy atom. The van der Waals surface area contributed by atoms with Gasteiger partial charge in [-0.2, -0.15) is 0 Å². The van der Waals surface area contributed by atoms with Crippen LogP contribution in [-0.2, 0) is 17.9 Å². The molecule has 3 aromatic rings. The third-order valence-electron chi connectivity index (χ3n) is 6.18. The summed E-state index contributed by atoms with van der Waals surface area (Å²) in [5.41, 5.74) is 2.50. The minimum atomic E-state index is -0.292. The highest BCUT2D eigenvalue weighted by Crippen LogP contribution is 2.28. The fraction of sp³-hybridized carbons (Fsp3) is 0.435. The summed E-state index contributed by atoms with van der Waals surface area (Å²) in [6.45, 7) is 1.85. The van der Waals surface area contributed by atoms with Crippen molar-refractivity contribution in [2.45, 2.75) is 43.4 Å². The largest absolute Gasteiger partial charge is 0.480 e. The normalized spacial score (nSPS) is 19.8. The summed E-state index contributed by atoms with van der Waals surface area (Å²) in [6.07, 6.45) is 6.44. The maximum Gasteiger partial charge on any atom is 0.236 e. The number of fused-ring (bicyclic) bond motifs is 2.